The molecule has 0 spiro atoms. The molecule has 1 N–H and O–H groups in total. The molecule has 0 radical (unpaired) electrons. The lowest BCUT2D eigenvalue weighted by Crippen LogP contribution is -2.39. The van der Waals surface area contributed by atoms with Crippen LogP contribution in [0, 0.1) is 11.8 Å². The van der Waals surface area contributed by atoms with Crippen LogP contribution in [0.5, 0.6) is 0 Å². The number of ether oxygens (including phenoxy) is 2. The second kappa shape index (κ2) is 12.0. The van der Waals surface area contributed by atoms with Crippen LogP contribution in [0.3, 0.4) is 0 Å². The summed E-state index contributed by atoms with van der Waals surface area (Å²) < 4.78 is 38.4. The molecule has 2 rings (SSSR count). The molecule has 0 bridgehead atoms. The Morgan fingerprint density at radius 1 is 1.22 bits per heavy atom. The van der Waals surface area contributed by atoms with Gasteiger partial charge in [0.05, 0.1) is 16.7 Å². The molecular formula is C22H33ClN2O6S. The van der Waals surface area contributed by atoms with Crippen molar-refractivity contribution in [2.45, 2.75) is 51.5 Å². The molecule has 1 saturated heterocycles. The molecule has 1 heterocycles. The highest BCUT2D eigenvalue weighted by Crippen LogP contribution is 2.23. The molecule has 1 atom stereocenters. The SMILES string of the molecule is CC(C)CN(CC(C)C)C(=O)COC(=O)c1ccc(Cl)c(S(=O)(=O)NCC2CCCO2)c1. The maximum absolute atomic E-state index is 12.7. The van der Waals surface area contributed by atoms with Gasteiger partial charge < -0.3 is 14.4 Å². The smallest absolute Gasteiger partial charge is 0.338 e. The minimum atomic E-state index is -3.95. The van der Waals surface area contributed by atoms with Crippen LogP contribution in [0.2, 0.25) is 5.02 Å². The van der Waals surface area contributed by atoms with Gasteiger partial charge in [-0.1, -0.05) is 39.3 Å². The largest absolute Gasteiger partial charge is 0.452 e. The van der Waals surface area contributed by atoms with Crippen LogP contribution in [-0.4, -0.2) is 64.1 Å². The number of carbonyl (C=O) groups excluding carboxylic acids is 2. The van der Waals surface area contributed by atoms with Crippen molar-refractivity contribution in [3.05, 3.63) is 28.8 Å². The predicted octanol–water partition coefficient (Wildman–Crippen LogP) is 3.09. The molecular weight excluding hydrogens is 456 g/mol. The molecule has 10 heteroatoms. The fraction of sp³-hybridized carbons (Fsp3) is 0.636. The minimum absolute atomic E-state index is 0.000962. The molecule has 32 heavy (non-hydrogen) atoms. The quantitative estimate of drug-likeness (QED) is 0.480. The lowest BCUT2D eigenvalue weighted by molar-refractivity contribution is -0.135. The highest BCUT2D eigenvalue weighted by molar-refractivity contribution is 7.89. The van der Waals surface area contributed by atoms with E-state index in [1.807, 2.05) is 27.7 Å². The molecule has 8 nitrogen and oxygen atoms in total. The van der Waals surface area contributed by atoms with Crippen molar-refractivity contribution in [3.8, 4) is 0 Å². The first kappa shape index (κ1) is 26.6. The maximum atomic E-state index is 12.7. The Hall–Kier alpha value is -1.68. The van der Waals surface area contributed by atoms with E-state index < -0.39 is 22.6 Å². The zero-order valence-electron chi connectivity index (χ0n) is 19.1. The van der Waals surface area contributed by atoms with Gasteiger partial charge in [0.25, 0.3) is 5.91 Å². The summed E-state index contributed by atoms with van der Waals surface area (Å²) in [6.45, 7) is 9.49. The average Bonchev–Trinajstić information content (AvgIpc) is 3.23. The van der Waals surface area contributed by atoms with Crippen LogP contribution < -0.4 is 4.72 Å². The number of rotatable bonds is 11. The van der Waals surface area contributed by atoms with Gasteiger partial charge in [-0.05, 0) is 42.9 Å². The molecule has 1 amide bonds. The number of amides is 1. The van der Waals surface area contributed by atoms with Crippen molar-refractivity contribution in [2.75, 3.05) is 32.8 Å². The highest BCUT2D eigenvalue weighted by Gasteiger charge is 2.24. The first-order valence-electron chi connectivity index (χ1n) is 10.8. The molecule has 180 valence electrons. The van der Waals surface area contributed by atoms with E-state index in [1.165, 1.54) is 12.1 Å². The number of benzene rings is 1. The van der Waals surface area contributed by atoms with Gasteiger partial charge in [-0.2, -0.15) is 0 Å². The van der Waals surface area contributed by atoms with Crippen molar-refractivity contribution in [2.24, 2.45) is 11.8 Å². The number of carbonyl (C=O) groups is 2. The Kier molecular flexibility index (Phi) is 9.94. The van der Waals surface area contributed by atoms with Gasteiger partial charge in [0.1, 0.15) is 4.90 Å². The third-order valence-electron chi connectivity index (χ3n) is 4.83. The number of hydrogen-bond donors (Lipinski definition) is 1. The maximum Gasteiger partial charge on any atom is 0.338 e. The summed E-state index contributed by atoms with van der Waals surface area (Å²) in [7, 11) is -3.95. The van der Waals surface area contributed by atoms with Crippen molar-refractivity contribution in [1.29, 1.82) is 0 Å². The normalized spacial score (nSPS) is 16.5. The van der Waals surface area contributed by atoms with E-state index in [0.29, 0.717) is 19.7 Å². The molecule has 1 fully saturated rings. The van der Waals surface area contributed by atoms with E-state index >= 15 is 0 Å². The van der Waals surface area contributed by atoms with Gasteiger partial charge in [-0.3, -0.25) is 4.79 Å². The van der Waals surface area contributed by atoms with Crippen molar-refractivity contribution < 1.29 is 27.5 Å². The lowest BCUT2D eigenvalue weighted by Gasteiger charge is -2.26. The van der Waals surface area contributed by atoms with E-state index in [-0.39, 0.29) is 45.9 Å². The van der Waals surface area contributed by atoms with E-state index in [2.05, 4.69) is 4.72 Å². The van der Waals surface area contributed by atoms with Gasteiger partial charge in [0.2, 0.25) is 10.0 Å². The minimum Gasteiger partial charge on any atom is -0.452 e. The first-order valence-corrected chi connectivity index (χ1v) is 12.7. The Labute approximate surface area is 195 Å². The molecule has 1 aliphatic rings. The van der Waals surface area contributed by atoms with Gasteiger partial charge in [0, 0.05) is 26.2 Å². The molecule has 1 unspecified atom stereocenters. The number of hydrogen-bond acceptors (Lipinski definition) is 6. The highest BCUT2D eigenvalue weighted by atomic mass is 35.5. The average molecular weight is 489 g/mol. The monoisotopic (exact) mass is 488 g/mol. The topological polar surface area (TPSA) is 102 Å². The van der Waals surface area contributed by atoms with Gasteiger partial charge in [-0.25, -0.2) is 17.9 Å². The van der Waals surface area contributed by atoms with E-state index in [1.54, 1.807) is 4.90 Å². The van der Waals surface area contributed by atoms with Crippen LogP contribution in [0.4, 0.5) is 0 Å². The van der Waals surface area contributed by atoms with Crippen LogP contribution in [-0.2, 0) is 24.3 Å². The molecule has 0 aliphatic carbocycles. The van der Waals surface area contributed by atoms with Crippen molar-refractivity contribution in [1.82, 2.24) is 9.62 Å². The number of nitrogens with zero attached hydrogens (tertiary/aromatic N) is 1. The van der Waals surface area contributed by atoms with Gasteiger partial charge >= 0.3 is 5.97 Å². The fourth-order valence-electron chi connectivity index (χ4n) is 3.38. The summed E-state index contributed by atoms with van der Waals surface area (Å²) in [5.74, 6) is -0.528. The summed E-state index contributed by atoms with van der Waals surface area (Å²) in [4.78, 5) is 26.5. The number of halogens is 1. The standard InChI is InChI=1S/C22H33ClN2O6S/c1-15(2)12-25(13-16(3)4)21(26)14-31-22(27)17-7-8-19(23)20(10-17)32(28,29)24-11-18-6-5-9-30-18/h7-8,10,15-16,18,24H,5-6,9,11-14H2,1-4H3. The number of esters is 1. The third-order valence-corrected chi connectivity index (χ3v) is 6.74. The van der Waals surface area contributed by atoms with E-state index in [9.17, 15) is 18.0 Å². The Balaban J connectivity index is 2.04. The number of nitrogens with one attached hydrogen (secondary N) is 1. The first-order chi connectivity index (χ1) is 15.0. The fourth-order valence-corrected chi connectivity index (χ4v) is 4.97. The van der Waals surface area contributed by atoms with E-state index in [0.717, 1.165) is 18.9 Å². The third kappa shape index (κ3) is 8.03. The predicted molar refractivity (Wildman–Crippen MR) is 122 cm³/mol. The van der Waals surface area contributed by atoms with Crippen LogP contribution in [0.25, 0.3) is 0 Å². The van der Waals surface area contributed by atoms with E-state index in [4.69, 9.17) is 21.1 Å². The zero-order chi connectivity index (χ0) is 23.9. The van der Waals surface area contributed by atoms with Crippen LogP contribution in [0.15, 0.2) is 23.1 Å². The Morgan fingerprint density at radius 2 is 1.88 bits per heavy atom. The Bertz CT molecular complexity index is 888. The molecule has 1 aromatic carbocycles. The number of sulfonamides is 1. The Morgan fingerprint density at radius 3 is 2.44 bits per heavy atom. The summed E-state index contributed by atoms with van der Waals surface area (Å²) in [6.07, 6.45) is 1.49. The van der Waals surface area contributed by atoms with Crippen LogP contribution in [0.1, 0.15) is 50.9 Å². The summed E-state index contributed by atoms with van der Waals surface area (Å²) >= 11 is 6.08. The van der Waals surface area contributed by atoms with Crippen LogP contribution >= 0.6 is 11.6 Å². The molecule has 1 aliphatic heterocycles. The summed E-state index contributed by atoms with van der Waals surface area (Å²) in [6, 6.07) is 3.85. The second-order valence-electron chi connectivity index (χ2n) is 8.79. The van der Waals surface area contributed by atoms with Gasteiger partial charge in [-0.15, -0.1) is 0 Å². The summed E-state index contributed by atoms with van der Waals surface area (Å²) in [5.41, 5.74) is -0.000962. The lowest BCUT2D eigenvalue weighted by atomic mass is 10.1. The van der Waals surface area contributed by atoms with Crippen molar-refractivity contribution >= 4 is 33.5 Å². The van der Waals surface area contributed by atoms with Gasteiger partial charge in [0.15, 0.2) is 6.61 Å². The molecule has 1 aromatic rings. The second-order valence-corrected chi connectivity index (χ2v) is 10.9. The molecule has 0 saturated carbocycles. The van der Waals surface area contributed by atoms with Crippen molar-refractivity contribution in [3.63, 3.8) is 0 Å². The summed E-state index contributed by atoms with van der Waals surface area (Å²) in [5, 5.41) is -0.0162. The molecule has 0 aromatic heterocycles. The zero-order valence-corrected chi connectivity index (χ0v) is 20.7.